The first-order chi connectivity index (χ1) is 56.0. The lowest BCUT2D eigenvalue weighted by Crippen LogP contribution is -2.35. The summed E-state index contributed by atoms with van der Waals surface area (Å²) in [4.78, 5) is 48.3. The van der Waals surface area contributed by atoms with E-state index in [0.29, 0.717) is 81.2 Å². The number of imidazole rings is 1. The molecule has 0 saturated carbocycles. The fourth-order valence-electron chi connectivity index (χ4n) is 12.3. The minimum absolute atomic E-state index is 0.0666. The molecular weight excluding hydrogens is 1640 g/mol. The van der Waals surface area contributed by atoms with Crippen molar-refractivity contribution in [1.29, 1.82) is 10.5 Å². The third kappa shape index (κ3) is 22.8. The van der Waals surface area contributed by atoms with Crippen molar-refractivity contribution in [3.8, 4) is 36.3 Å². The molecular formula is C90H83F3IN11O10S2. The number of fused-ring (bicyclic) bond motifs is 5. The first-order valence-corrected chi connectivity index (χ1v) is 40.8. The summed E-state index contributed by atoms with van der Waals surface area (Å²) in [6.45, 7) is 12.5. The predicted octanol–water partition coefficient (Wildman–Crippen LogP) is 16.9. The van der Waals surface area contributed by atoms with Crippen LogP contribution in [0.25, 0.3) is 45.0 Å². The SMILES string of the molecule is C#CCNc1ccc(C(C)(C)C#N)nc1.CC(C)(C#N)c1ccc(NCC#Cc2nc3cc(CN4CCOCC4)ccc3n2CC(F)(F)F)cn1.CCc1ccc2c(ccn2S(=O)(=O)c2ccccc2)c1.COC(=O)c1ccc2c(ccn2S(=O)(=O)c2ccccc2)c1.O=C(O)c1ccc2c(c1)C=CC2.O=Cc1ccc2c(c1)C=C(I)C2. The van der Waals surface area contributed by atoms with E-state index in [2.05, 4.69) is 101 Å². The number of pyridine rings is 2. The van der Waals surface area contributed by atoms with Crippen LogP contribution in [0.15, 0.2) is 232 Å². The van der Waals surface area contributed by atoms with Gasteiger partial charge in [-0.05, 0) is 233 Å². The molecule has 1 fully saturated rings. The zero-order chi connectivity index (χ0) is 84.1. The van der Waals surface area contributed by atoms with Gasteiger partial charge in [0.25, 0.3) is 20.0 Å². The van der Waals surface area contributed by atoms with Crippen molar-refractivity contribution in [3.63, 3.8) is 0 Å². The monoisotopic (exact) mass is 1730 g/mol. The van der Waals surface area contributed by atoms with E-state index in [-0.39, 0.29) is 17.3 Å². The average molecular weight is 1730 g/mol. The standard InChI is InChI=1S/C26H27F3N6O.C16H13NO4S.C16H15NO2S.C12H13N3.C10H7IO.C10H8O2/c1-25(2,17-30)23-8-6-20(15-32-23)31-9-3-4-24-33-21-14-19(16-34-10-12-36-13-11-34)5-7-22(21)35(24)18-26(27,28)29;1-21-16(18)13-7-8-15-12(11-13)9-10-17(15)22(19,20)14-5-3-2-4-6-14;1-2-13-8-9-16-14(12-13)10-11-17(16)20(18,19)15-6-4-3-5-7-15;1-4-7-14-10-5-6-11(15-8-10)12(2,3)9-13;11-10-4-8-2-1-7(6-12)3-9(8)5-10;11-10(12)9-5-4-7-2-1-3-8(7)6-9/h5-8,14-15,31H,9-13,16,18H2,1-2H3;2-11H,1H3;3-12H,2H2,1H3;1,5-6,8,14H,7H2,2-3H3;1-3,5-6H,4H2;1,3-6H,2H2,(H,11,12). The molecule has 1 saturated heterocycles. The minimum Gasteiger partial charge on any atom is -0.478 e. The highest BCUT2D eigenvalue weighted by Crippen LogP contribution is 2.32. The van der Waals surface area contributed by atoms with E-state index < -0.39 is 55.5 Å². The Labute approximate surface area is 691 Å². The molecule has 12 aromatic rings. The number of carboxylic acids is 1. The van der Waals surface area contributed by atoms with E-state index in [0.717, 1.165) is 76.7 Å². The Morgan fingerprint density at radius 1 is 0.675 bits per heavy atom. The zero-order valence-electron chi connectivity index (χ0n) is 64.8. The van der Waals surface area contributed by atoms with Crippen LogP contribution < -0.4 is 10.6 Å². The molecule has 7 aromatic carbocycles. The van der Waals surface area contributed by atoms with Gasteiger partial charge in [-0.2, -0.15) is 23.7 Å². The molecule has 1 aliphatic heterocycles. The van der Waals surface area contributed by atoms with Gasteiger partial charge in [0.05, 0.1) is 135 Å². The highest BCUT2D eigenvalue weighted by atomic mass is 127. The topological polar surface area (TPSA) is 287 Å². The molecule has 0 amide bonds. The van der Waals surface area contributed by atoms with E-state index >= 15 is 0 Å². The number of carboxylic acid groups (broad SMARTS) is 1. The smallest absolute Gasteiger partial charge is 0.406 e. The number of esters is 1. The Hall–Kier alpha value is -12.5. The lowest BCUT2D eigenvalue weighted by atomic mass is 9.91. The summed E-state index contributed by atoms with van der Waals surface area (Å²) in [5, 5.41) is 34.5. The third-order valence-electron chi connectivity index (χ3n) is 18.8. The molecule has 0 spiro atoms. The number of methoxy groups -OCH3 is 1. The second kappa shape index (κ2) is 39.2. The molecule has 27 heteroatoms. The van der Waals surface area contributed by atoms with Crippen LogP contribution >= 0.6 is 22.6 Å². The molecule has 598 valence electrons. The number of nitriles is 2. The molecule has 3 N–H and O–H groups in total. The summed E-state index contributed by atoms with van der Waals surface area (Å²) in [5.41, 5.74) is 12.3. The lowest BCUT2D eigenvalue weighted by molar-refractivity contribution is -0.140. The summed E-state index contributed by atoms with van der Waals surface area (Å²) in [5.74, 6) is 6.88. The minimum atomic E-state index is -4.40. The van der Waals surface area contributed by atoms with Crippen LogP contribution in [0.2, 0.25) is 0 Å². The van der Waals surface area contributed by atoms with Gasteiger partial charge in [-0.15, -0.1) is 6.42 Å². The molecule has 2 aliphatic carbocycles. The van der Waals surface area contributed by atoms with E-state index in [4.69, 9.17) is 21.5 Å². The number of aldehydes is 1. The molecule has 0 bridgehead atoms. The number of carbonyl (C=O) groups is 3. The summed E-state index contributed by atoms with van der Waals surface area (Å²) in [7, 11) is -5.88. The van der Waals surface area contributed by atoms with Crippen LogP contribution in [-0.4, -0.2) is 125 Å². The number of rotatable bonds is 17. The number of morpholine rings is 1. The Balaban J connectivity index is 0.000000155. The normalized spacial score (nSPS) is 12.8. The maximum absolute atomic E-state index is 13.3. The Kier molecular flexibility index (Phi) is 29.1. The summed E-state index contributed by atoms with van der Waals surface area (Å²) >= 11 is 2.32. The number of allylic oxidation sites excluding steroid dienone is 2. The van der Waals surface area contributed by atoms with E-state index in [9.17, 15) is 49.7 Å². The van der Waals surface area contributed by atoms with Crippen LogP contribution in [-0.2, 0) is 72.7 Å². The number of anilines is 2. The Morgan fingerprint density at radius 2 is 1.24 bits per heavy atom. The second-order valence-electron chi connectivity index (χ2n) is 27.9. The fraction of sp³-hybridized carbons (Fsp3) is 0.222. The van der Waals surface area contributed by atoms with Gasteiger partial charge in [0.15, 0.2) is 5.82 Å². The molecule has 0 atom stereocenters. The number of terminal acetylenes is 1. The summed E-state index contributed by atoms with van der Waals surface area (Å²) in [6, 6.07) is 58.9. The zero-order valence-corrected chi connectivity index (χ0v) is 68.6. The number of carbonyl (C=O) groups excluding carboxylic acids is 2. The van der Waals surface area contributed by atoms with Crippen LogP contribution in [0, 0.1) is 46.8 Å². The highest BCUT2D eigenvalue weighted by Gasteiger charge is 2.31. The molecule has 0 radical (unpaired) electrons. The number of nitrogens with zero attached hydrogens (tertiary/aromatic N) is 9. The largest absolute Gasteiger partial charge is 0.478 e. The Bertz CT molecular complexity index is 6090. The number of aromatic carboxylic acids is 1. The number of hydrogen-bond acceptors (Lipinski definition) is 17. The number of ether oxygens (including phenoxy) is 2. The number of aryl methyl sites for hydroxylation is 1. The predicted molar refractivity (Wildman–Crippen MR) is 457 cm³/mol. The van der Waals surface area contributed by atoms with E-state index in [1.807, 2.05) is 98.8 Å². The molecule has 0 unspecified atom stereocenters. The van der Waals surface area contributed by atoms with Crippen molar-refractivity contribution < 1.29 is 59.0 Å². The third-order valence-corrected chi connectivity index (χ3v) is 22.9. The fourth-order valence-corrected chi connectivity index (χ4v) is 15.8. The second-order valence-corrected chi connectivity index (χ2v) is 33.0. The maximum Gasteiger partial charge on any atom is 0.406 e. The van der Waals surface area contributed by atoms with Gasteiger partial charge in [-0.25, -0.2) is 39.4 Å². The van der Waals surface area contributed by atoms with Crippen molar-refractivity contribution >= 4 is 117 Å². The lowest BCUT2D eigenvalue weighted by Gasteiger charge is -2.26. The molecule has 117 heavy (non-hydrogen) atoms. The van der Waals surface area contributed by atoms with Crippen molar-refractivity contribution in [2.45, 2.75) is 93.8 Å². The van der Waals surface area contributed by atoms with Crippen LogP contribution in [0.4, 0.5) is 24.5 Å². The van der Waals surface area contributed by atoms with Gasteiger partial charge in [-0.3, -0.25) is 19.7 Å². The van der Waals surface area contributed by atoms with Crippen molar-refractivity contribution in [3.05, 3.63) is 290 Å². The van der Waals surface area contributed by atoms with Crippen LogP contribution in [0.1, 0.15) is 116 Å². The number of aromatic nitrogens is 6. The Morgan fingerprint density at radius 3 is 1.79 bits per heavy atom. The van der Waals surface area contributed by atoms with Gasteiger partial charge in [-0.1, -0.05) is 97.6 Å². The van der Waals surface area contributed by atoms with Gasteiger partial charge >= 0.3 is 18.1 Å². The molecule has 15 rings (SSSR count). The van der Waals surface area contributed by atoms with Gasteiger partial charge in [0.2, 0.25) is 0 Å². The number of nitrogens with one attached hydrogen (secondary N) is 2. The average Bonchev–Trinajstić information content (AvgIpc) is 1.70. The van der Waals surface area contributed by atoms with Crippen molar-refractivity contribution in [1.82, 2.24) is 32.4 Å². The van der Waals surface area contributed by atoms with Gasteiger partial charge < -0.3 is 29.8 Å². The van der Waals surface area contributed by atoms with E-state index in [1.54, 1.807) is 148 Å². The van der Waals surface area contributed by atoms with E-state index in [1.165, 1.54) is 47.1 Å². The molecule has 5 aromatic heterocycles. The van der Waals surface area contributed by atoms with Crippen LogP contribution in [0.5, 0.6) is 0 Å². The molecule has 6 heterocycles. The van der Waals surface area contributed by atoms with Gasteiger partial charge in [0.1, 0.15) is 12.8 Å². The molecule has 3 aliphatic rings. The quantitative estimate of drug-likeness (QED) is 0.0330. The number of hydrogen-bond donors (Lipinski definition) is 3. The molecule has 21 nitrogen and oxygen atoms in total. The van der Waals surface area contributed by atoms with Crippen LogP contribution in [0.3, 0.4) is 0 Å². The van der Waals surface area contributed by atoms with Crippen molar-refractivity contribution in [2.24, 2.45) is 0 Å². The number of benzene rings is 7. The summed E-state index contributed by atoms with van der Waals surface area (Å²) < 4.78 is 106. The highest BCUT2D eigenvalue weighted by molar-refractivity contribution is 14.1. The van der Waals surface area contributed by atoms with Crippen molar-refractivity contribution in [2.75, 3.05) is 57.1 Å². The maximum atomic E-state index is 13.3. The summed E-state index contributed by atoms with van der Waals surface area (Å²) in [6.07, 6.45) is 17.0. The number of alkyl halides is 3. The first-order valence-electron chi connectivity index (χ1n) is 36.9. The first kappa shape index (κ1) is 86.9. The number of halogens is 4. The van der Waals surface area contributed by atoms with Gasteiger partial charge in [0, 0.05) is 54.8 Å².